The number of carbonyl (C=O) groups excluding carboxylic acids is 1. The number of nitrogens with one attached hydrogen (secondary N) is 1. The number of fused-ring (bicyclic) bond motifs is 1. The third kappa shape index (κ3) is 3.86. The van der Waals surface area contributed by atoms with Gasteiger partial charge < -0.3 is 10.4 Å². The molecule has 3 heterocycles. The van der Waals surface area contributed by atoms with Gasteiger partial charge >= 0.3 is 5.97 Å². The first-order valence-electron chi connectivity index (χ1n) is 8.03. The maximum absolute atomic E-state index is 12.9. The minimum absolute atomic E-state index is 0.0109. The van der Waals surface area contributed by atoms with E-state index in [2.05, 4.69) is 10.3 Å². The van der Waals surface area contributed by atoms with Gasteiger partial charge in [0.05, 0.1) is 10.5 Å². The van der Waals surface area contributed by atoms with Crippen LogP contribution in [0, 0.1) is 0 Å². The lowest BCUT2D eigenvalue weighted by atomic mass is 10.2. The summed E-state index contributed by atoms with van der Waals surface area (Å²) in [5.41, 5.74) is 0.344. The Hall–Kier alpha value is -2.72. The fourth-order valence-corrected chi connectivity index (χ4v) is 3.76. The molecule has 1 aliphatic rings. The molecule has 140 valence electrons. The van der Waals surface area contributed by atoms with Crippen molar-refractivity contribution in [3.05, 3.63) is 45.2 Å². The van der Waals surface area contributed by atoms with E-state index < -0.39 is 18.4 Å². The van der Waals surface area contributed by atoms with Gasteiger partial charge in [-0.1, -0.05) is 30.0 Å². The van der Waals surface area contributed by atoms with Crippen molar-refractivity contribution in [2.75, 3.05) is 11.9 Å². The second-order valence-corrected chi connectivity index (χ2v) is 7.74. The third-order valence-electron chi connectivity index (χ3n) is 3.64. The Balaban J connectivity index is 2.13. The summed E-state index contributed by atoms with van der Waals surface area (Å²) in [4.78, 5) is 42.0. The number of rotatable bonds is 5. The highest BCUT2D eigenvalue weighted by Gasteiger charge is 2.34. The highest BCUT2D eigenvalue weighted by molar-refractivity contribution is 8.26. The van der Waals surface area contributed by atoms with Gasteiger partial charge in [0.2, 0.25) is 0 Å². The van der Waals surface area contributed by atoms with Crippen molar-refractivity contribution in [1.82, 2.24) is 14.3 Å². The molecule has 0 saturated carbocycles. The molecular weight excluding hydrogens is 388 g/mol. The maximum Gasteiger partial charge on any atom is 0.323 e. The molecule has 2 aromatic heterocycles. The van der Waals surface area contributed by atoms with Crippen LogP contribution in [0.1, 0.15) is 19.4 Å². The Bertz CT molecular complexity index is 1040. The number of aromatic nitrogens is 2. The molecule has 1 saturated heterocycles. The van der Waals surface area contributed by atoms with Crippen LogP contribution < -0.4 is 10.9 Å². The molecule has 0 aromatic carbocycles. The van der Waals surface area contributed by atoms with E-state index in [4.69, 9.17) is 17.3 Å². The van der Waals surface area contributed by atoms with Gasteiger partial charge in [0.15, 0.2) is 0 Å². The second kappa shape index (κ2) is 7.49. The summed E-state index contributed by atoms with van der Waals surface area (Å²) in [5, 5.41) is 12.1. The van der Waals surface area contributed by atoms with Crippen molar-refractivity contribution in [3.63, 3.8) is 0 Å². The number of hydrogen-bond donors (Lipinski definition) is 2. The Morgan fingerprint density at radius 3 is 2.81 bits per heavy atom. The van der Waals surface area contributed by atoms with Gasteiger partial charge in [-0.15, -0.1) is 0 Å². The Labute approximate surface area is 163 Å². The lowest BCUT2D eigenvalue weighted by Crippen LogP contribution is -2.33. The number of hydrogen-bond acceptors (Lipinski definition) is 7. The highest BCUT2D eigenvalue weighted by atomic mass is 32.2. The molecule has 0 radical (unpaired) electrons. The first-order valence-corrected chi connectivity index (χ1v) is 9.25. The van der Waals surface area contributed by atoms with Crippen LogP contribution in [0.5, 0.6) is 0 Å². The molecule has 2 aromatic rings. The molecule has 0 bridgehead atoms. The van der Waals surface area contributed by atoms with Crippen LogP contribution in [0.4, 0.5) is 5.82 Å². The van der Waals surface area contributed by atoms with Crippen LogP contribution in [0.25, 0.3) is 11.7 Å². The summed E-state index contributed by atoms with van der Waals surface area (Å²) in [7, 11) is 0. The maximum atomic E-state index is 12.9. The summed E-state index contributed by atoms with van der Waals surface area (Å²) in [6.45, 7) is 3.29. The zero-order valence-corrected chi connectivity index (χ0v) is 16.1. The van der Waals surface area contributed by atoms with Crippen LogP contribution in [-0.2, 0) is 9.59 Å². The van der Waals surface area contributed by atoms with Crippen LogP contribution in [-0.4, -0.2) is 48.2 Å². The molecule has 27 heavy (non-hydrogen) atoms. The number of pyridine rings is 1. The monoisotopic (exact) mass is 404 g/mol. The minimum Gasteiger partial charge on any atom is -0.480 e. The molecule has 10 heteroatoms. The van der Waals surface area contributed by atoms with E-state index >= 15 is 0 Å². The highest BCUT2D eigenvalue weighted by Crippen LogP contribution is 2.32. The third-order valence-corrected chi connectivity index (χ3v) is 5.01. The summed E-state index contributed by atoms with van der Waals surface area (Å²) < 4.78 is 1.52. The van der Waals surface area contributed by atoms with Gasteiger partial charge in [0.25, 0.3) is 11.5 Å². The zero-order valence-electron chi connectivity index (χ0n) is 14.5. The molecule has 0 aliphatic carbocycles. The molecule has 1 amide bonds. The van der Waals surface area contributed by atoms with Crippen LogP contribution in [0.15, 0.2) is 34.1 Å². The van der Waals surface area contributed by atoms with E-state index in [1.165, 1.54) is 10.5 Å². The predicted molar refractivity (Wildman–Crippen MR) is 108 cm³/mol. The standard InChI is InChI=1S/C17H16N4O4S2/c1-9(2)18-14-10(15(24)20-6-4-3-5-12(20)19-14)7-11-16(25)21(8-13(22)23)17(26)27-11/h3-7,9,18H,8H2,1-2H3,(H,22,23)/b11-7-. The number of nitrogens with zero attached hydrogens (tertiary/aromatic N) is 3. The van der Waals surface area contributed by atoms with Gasteiger partial charge in [-0.25, -0.2) is 4.98 Å². The zero-order chi connectivity index (χ0) is 19.7. The number of carboxylic acids is 1. The second-order valence-electron chi connectivity index (χ2n) is 6.07. The number of carbonyl (C=O) groups is 2. The van der Waals surface area contributed by atoms with E-state index in [1.807, 2.05) is 13.8 Å². The molecule has 1 fully saturated rings. The molecule has 2 N–H and O–H groups in total. The molecular formula is C17H16N4O4S2. The van der Waals surface area contributed by atoms with Crippen LogP contribution in [0.3, 0.4) is 0 Å². The minimum atomic E-state index is -1.16. The lowest BCUT2D eigenvalue weighted by Gasteiger charge is -2.13. The first kappa shape index (κ1) is 19.1. The number of aliphatic carboxylic acids is 1. The Morgan fingerprint density at radius 2 is 2.15 bits per heavy atom. The predicted octanol–water partition coefficient (Wildman–Crippen LogP) is 1.80. The summed E-state index contributed by atoms with van der Waals surface area (Å²) in [5.74, 6) is -1.35. The summed E-state index contributed by atoms with van der Waals surface area (Å²) in [6, 6.07) is 5.21. The van der Waals surface area contributed by atoms with Crippen molar-refractivity contribution in [3.8, 4) is 0 Å². The van der Waals surface area contributed by atoms with E-state index in [1.54, 1.807) is 24.4 Å². The van der Waals surface area contributed by atoms with Gasteiger partial charge in [0.1, 0.15) is 22.3 Å². The molecule has 0 atom stereocenters. The van der Waals surface area contributed by atoms with Crippen LogP contribution in [0.2, 0.25) is 0 Å². The average Bonchev–Trinajstić information content (AvgIpc) is 2.85. The van der Waals surface area contributed by atoms with Crippen molar-refractivity contribution >= 4 is 57.7 Å². The van der Waals surface area contributed by atoms with E-state index in [9.17, 15) is 14.4 Å². The Morgan fingerprint density at radius 1 is 1.41 bits per heavy atom. The van der Waals surface area contributed by atoms with Gasteiger partial charge in [0, 0.05) is 12.2 Å². The number of amides is 1. The van der Waals surface area contributed by atoms with Crippen molar-refractivity contribution in [2.45, 2.75) is 19.9 Å². The summed E-state index contributed by atoms with van der Waals surface area (Å²) in [6.07, 6.45) is 3.01. The SMILES string of the molecule is CC(C)Nc1nc2ccccn2c(=O)c1/C=C1\SC(=S)N(CC(=O)O)C1=O. The average molecular weight is 404 g/mol. The summed E-state index contributed by atoms with van der Waals surface area (Å²) >= 11 is 6.05. The quantitative estimate of drug-likeness (QED) is 0.574. The molecule has 0 unspecified atom stereocenters. The van der Waals surface area contributed by atoms with Gasteiger partial charge in [-0.05, 0) is 32.1 Å². The Kier molecular flexibility index (Phi) is 5.29. The topological polar surface area (TPSA) is 104 Å². The number of thiocarbonyl (C=S) groups is 1. The van der Waals surface area contributed by atoms with Crippen LogP contribution >= 0.6 is 24.0 Å². The molecule has 0 spiro atoms. The fourth-order valence-electron chi connectivity index (χ4n) is 2.52. The van der Waals surface area contributed by atoms with Gasteiger partial charge in [-0.3, -0.25) is 23.7 Å². The first-order chi connectivity index (χ1) is 12.8. The van der Waals surface area contributed by atoms with Crippen molar-refractivity contribution in [2.24, 2.45) is 0 Å². The normalized spacial score (nSPS) is 16.0. The number of anilines is 1. The van der Waals surface area contributed by atoms with E-state index in [0.29, 0.717) is 11.5 Å². The van der Waals surface area contributed by atoms with Crippen molar-refractivity contribution in [1.29, 1.82) is 0 Å². The lowest BCUT2D eigenvalue weighted by molar-refractivity contribution is -0.140. The molecule has 3 rings (SSSR count). The number of carboxylic acid groups (broad SMARTS) is 1. The number of thioether (sulfide) groups is 1. The molecule has 8 nitrogen and oxygen atoms in total. The van der Waals surface area contributed by atoms with Gasteiger partial charge in [-0.2, -0.15) is 0 Å². The smallest absolute Gasteiger partial charge is 0.323 e. The van der Waals surface area contributed by atoms with E-state index in [-0.39, 0.29) is 26.4 Å². The van der Waals surface area contributed by atoms with Crippen molar-refractivity contribution < 1.29 is 14.7 Å². The molecule has 1 aliphatic heterocycles. The fraction of sp³-hybridized carbons (Fsp3) is 0.235. The largest absolute Gasteiger partial charge is 0.480 e. The van der Waals surface area contributed by atoms with E-state index in [0.717, 1.165) is 16.7 Å².